The molecule has 1 N–H and O–H groups in total. The van der Waals surface area contributed by atoms with Gasteiger partial charge in [0.25, 0.3) is 0 Å². The van der Waals surface area contributed by atoms with Crippen molar-refractivity contribution in [3.63, 3.8) is 0 Å². The first kappa shape index (κ1) is 16.9. The summed E-state index contributed by atoms with van der Waals surface area (Å²) in [6.07, 6.45) is 2.00. The van der Waals surface area contributed by atoms with Crippen molar-refractivity contribution in [3.8, 4) is 11.5 Å². The Kier molecular flexibility index (Phi) is 5.48. The van der Waals surface area contributed by atoms with Gasteiger partial charge in [-0.3, -0.25) is 4.79 Å². The highest BCUT2D eigenvalue weighted by Gasteiger charge is 2.13. The predicted octanol–water partition coefficient (Wildman–Crippen LogP) is 4.36. The Morgan fingerprint density at radius 1 is 1.00 bits per heavy atom. The van der Waals surface area contributed by atoms with Crippen molar-refractivity contribution in [3.05, 3.63) is 57.6 Å². The zero-order chi connectivity index (χ0) is 16.9. The Morgan fingerprint density at radius 2 is 1.79 bits per heavy atom. The second-order valence-electron chi connectivity index (χ2n) is 5.57. The van der Waals surface area contributed by atoms with Crippen LogP contribution in [0.15, 0.2) is 36.4 Å². The molecule has 1 heterocycles. The van der Waals surface area contributed by atoms with Gasteiger partial charge in [-0.05, 0) is 48.2 Å². The molecule has 2 aromatic rings. The molecule has 24 heavy (non-hydrogen) atoms. The Balaban J connectivity index is 1.42. The molecule has 0 bridgehead atoms. The number of carbonyl (C=O) groups excluding carboxylic acids is 1. The van der Waals surface area contributed by atoms with Gasteiger partial charge in [-0.15, -0.1) is 0 Å². The quantitative estimate of drug-likeness (QED) is 0.826. The maximum Gasteiger partial charge on any atom is 0.231 e. The lowest BCUT2D eigenvalue weighted by molar-refractivity contribution is -0.121. The van der Waals surface area contributed by atoms with Crippen LogP contribution in [0.2, 0.25) is 10.0 Å². The summed E-state index contributed by atoms with van der Waals surface area (Å²) in [7, 11) is 0. The van der Waals surface area contributed by atoms with Gasteiger partial charge in [0.05, 0.1) is 10.0 Å². The largest absolute Gasteiger partial charge is 0.454 e. The average Bonchev–Trinajstić information content (AvgIpc) is 3.04. The fourth-order valence-corrected chi connectivity index (χ4v) is 2.81. The van der Waals surface area contributed by atoms with Gasteiger partial charge in [-0.25, -0.2) is 0 Å². The van der Waals surface area contributed by atoms with E-state index in [1.165, 1.54) is 0 Å². The van der Waals surface area contributed by atoms with Crippen molar-refractivity contribution in [2.75, 3.05) is 6.79 Å². The van der Waals surface area contributed by atoms with E-state index in [1.54, 1.807) is 6.07 Å². The second-order valence-corrected chi connectivity index (χ2v) is 6.38. The number of nitrogens with one attached hydrogen (secondary N) is 1. The van der Waals surface area contributed by atoms with E-state index in [9.17, 15) is 4.79 Å². The molecule has 0 saturated carbocycles. The molecule has 1 aliphatic heterocycles. The summed E-state index contributed by atoms with van der Waals surface area (Å²) < 4.78 is 10.6. The molecule has 0 aromatic heterocycles. The predicted molar refractivity (Wildman–Crippen MR) is 93.8 cm³/mol. The first-order valence-corrected chi connectivity index (χ1v) is 8.46. The lowest BCUT2D eigenvalue weighted by Crippen LogP contribution is -2.22. The minimum Gasteiger partial charge on any atom is -0.454 e. The first-order chi connectivity index (χ1) is 11.6. The molecule has 0 atom stereocenters. The molecule has 0 fully saturated rings. The molecule has 1 amide bonds. The van der Waals surface area contributed by atoms with E-state index in [-0.39, 0.29) is 12.7 Å². The molecular formula is C18H17Cl2NO3. The highest BCUT2D eigenvalue weighted by molar-refractivity contribution is 6.42. The van der Waals surface area contributed by atoms with Gasteiger partial charge in [0.15, 0.2) is 11.5 Å². The molecular weight excluding hydrogens is 349 g/mol. The standard InChI is InChI=1S/C18H17Cl2NO3/c19-14-6-4-12(8-15(14)20)2-1-3-18(22)21-10-13-5-7-16-17(9-13)24-11-23-16/h4-9H,1-3,10-11H2,(H,21,22). The van der Waals surface area contributed by atoms with Crippen molar-refractivity contribution in [1.29, 1.82) is 0 Å². The number of rotatable bonds is 6. The van der Waals surface area contributed by atoms with Crippen molar-refractivity contribution < 1.29 is 14.3 Å². The minimum absolute atomic E-state index is 0.0210. The summed E-state index contributed by atoms with van der Waals surface area (Å²) in [4.78, 5) is 11.9. The van der Waals surface area contributed by atoms with Gasteiger partial charge in [0.1, 0.15) is 0 Å². The summed E-state index contributed by atoms with van der Waals surface area (Å²) in [6.45, 7) is 0.724. The third-order valence-electron chi connectivity index (χ3n) is 3.78. The van der Waals surface area contributed by atoms with Crippen molar-refractivity contribution >= 4 is 29.1 Å². The maximum atomic E-state index is 11.9. The van der Waals surface area contributed by atoms with Gasteiger partial charge in [0.2, 0.25) is 12.7 Å². The van der Waals surface area contributed by atoms with Crippen LogP contribution in [0.25, 0.3) is 0 Å². The number of benzene rings is 2. The van der Waals surface area contributed by atoms with Crippen LogP contribution in [0.3, 0.4) is 0 Å². The van der Waals surface area contributed by atoms with E-state index >= 15 is 0 Å². The van der Waals surface area contributed by atoms with E-state index in [0.29, 0.717) is 23.0 Å². The van der Waals surface area contributed by atoms with Crippen molar-refractivity contribution in [2.24, 2.45) is 0 Å². The van der Waals surface area contributed by atoms with E-state index in [2.05, 4.69) is 5.32 Å². The van der Waals surface area contributed by atoms with Gasteiger partial charge in [-0.1, -0.05) is 35.3 Å². The minimum atomic E-state index is 0.0210. The molecule has 0 aliphatic carbocycles. The zero-order valence-corrected chi connectivity index (χ0v) is 14.5. The van der Waals surface area contributed by atoms with Gasteiger partial charge >= 0.3 is 0 Å². The van der Waals surface area contributed by atoms with Crippen LogP contribution in [-0.2, 0) is 17.8 Å². The third kappa shape index (κ3) is 4.34. The highest BCUT2D eigenvalue weighted by Crippen LogP contribution is 2.32. The number of ether oxygens (including phenoxy) is 2. The van der Waals surface area contributed by atoms with Gasteiger partial charge in [0, 0.05) is 13.0 Å². The van der Waals surface area contributed by atoms with Crippen LogP contribution in [-0.4, -0.2) is 12.7 Å². The smallest absolute Gasteiger partial charge is 0.231 e. The summed E-state index contributed by atoms with van der Waals surface area (Å²) >= 11 is 11.9. The maximum absolute atomic E-state index is 11.9. The zero-order valence-electron chi connectivity index (χ0n) is 13.0. The topological polar surface area (TPSA) is 47.6 Å². The van der Waals surface area contributed by atoms with E-state index in [4.69, 9.17) is 32.7 Å². The molecule has 4 nitrogen and oxygen atoms in total. The van der Waals surface area contributed by atoms with Crippen molar-refractivity contribution in [2.45, 2.75) is 25.8 Å². The molecule has 1 aliphatic rings. The number of halogens is 2. The van der Waals surface area contributed by atoms with Crippen LogP contribution in [0, 0.1) is 0 Å². The number of hydrogen-bond acceptors (Lipinski definition) is 3. The number of aryl methyl sites for hydroxylation is 1. The lowest BCUT2D eigenvalue weighted by atomic mass is 10.1. The number of fused-ring (bicyclic) bond motifs is 1. The van der Waals surface area contributed by atoms with E-state index in [1.807, 2.05) is 30.3 Å². The molecule has 2 aromatic carbocycles. The summed E-state index contributed by atoms with van der Waals surface area (Å²) in [5, 5.41) is 4.00. The van der Waals surface area contributed by atoms with Gasteiger partial charge < -0.3 is 14.8 Å². The van der Waals surface area contributed by atoms with E-state index in [0.717, 1.165) is 35.5 Å². The molecule has 0 spiro atoms. The average molecular weight is 366 g/mol. The molecule has 3 rings (SSSR count). The normalized spacial score (nSPS) is 12.2. The fourth-order valence-electron chi connectivity index (χ4n) is 2.49. The molecule has 0 saturated heterocycles. The van der Waals surface area contributed by atoms with Gasteiger partial charge in [-0.2, -0.15) is 0 Å². The monoisotopic (exact) mass is 365 g/mol. The Morgan fingerprint density at radius 3 is 2.62 bits per heavy atom. The Labute approximate surface area is 150 Å². The first-order valence-electron chi connectivity index (χ1n) is 7.71. The number of hydrogen-bond donors (Lipinski definition) is 1. The van der Waals surface area contributed by atoms with Crippen LogP contribution in [0.1, 0.15) is 24.0 Å². The summed E-state index contributed by atoms with van der Waals surface area (Å²) in [5.74, 6) is 1.49. The number of amides is 1. The summed E-state index contributed by atoms with van der Waals surface area (Å²) in [6, 6.07) is 11.2. The molecule has 6 heteroatoms. The summed E-state index contributed by atoms with van der Waals surface area (Å²) in [5.41, 5.74) is 2.06. The lowest BCUT2D eigenvalue weighted by Gasteiger charge is -2.07. The molecule has 0 radical (unpaired) electrons. The molecule has 126 valence electrons. The van der Waals surface area contributed by atoms with Crippen LogP contribution >= 0.6 is 23.2 Å². The van der Waals surface area contributed by atoms with Crippen LogP contribution < -0.4 is 14.8 Å². The van der Waals surface area contributed by atoms with Crippen LogP contribution in [0.5, 0.6) is 11.5 Å². The number of carbonyl (C=O) groups is 1. The third-order valence-corrected chi connectivity index (χ3v) is 4.52. The van der Waals surface area contributed by atoms with E-state index < -0.39 is 0 Å². The van der Waals surface area contributed by atoms with Crippen LogP contribution in [0.4, 0.5) is 0 Å². The second kappa shape index (κ2) is 7.77. The SMILES string of the molecule is O=C(CCCc1ccc(Cl)c(Cl)c1)NCc1ccc2c(c1)OCO2. The Hall–Kier alpha value is -1.91. The van der Waals surface area contributed by atoms with Crippen molar-refractivity contribution in [1.82, 2.24) is 5.32 Å². The Bertz CT molecular complexity index is 749. The highest BCUT2D eigenvalue weighted by atomic mass is 35.5. The fraction of sp³-hybridized carbons (Fsp3) is 0.278. The molecule has 0 unspecified atom stereocenters.